The minimum absolute atomic E-state index is 0.0127. The lowest BCUT2D eigenvalue weighted by molar-refractivity contribution is 0.473. The van der Waals surface area contributed by atoms with E-state index >= 15 is 0 Å². The Morgan fingerprint density at radius 1 is 1.00 bits per heavy atom. The number of phenols is 1. The Labute approximate surface area is 107 Å². The lowest BCUT2D eigenvalue weighted by atomic mass is 10.0. The van der Waals surface area contributed by atoms with Crippen molar-refractivity contribution in [3.63, 3.8) is 0 Å². The van der Waals surface area contributed by atoms with Crippen LogP contribution in [0.3, 0.4) is 0 Å². The Kier molecular flexibility index (Phi) is 2.56. The van der Waals surface area contributed by atoms with Gasteiger partial charge in [0.25, 0.3) is 0 Å². The molecule has 3 rings (SSSR count). The number of aromatic hydroxyl groups is 1. The van der Waals surface area contributed by atoms with Gasteiger partial charge in [-0.25, -0.2) is 9.18 Å². The summed E-state index contributed by atoms with van der Waals surface area (Å²) in [5.74, 6) is -0.427. The van der Waals surface area contributed by atoms with Gasteiger partial charge in [0, 0.05) is 28.6 Å². The van der Waals surface area contributed by atoms with Crippen LogP contribution in [-0.4, -0.2) is 5.11 Å². The van der Waals surface area contributed by atoms with Gasteiger partial charge < -0.3 is 9.52 Å². The van der Waals surface area contributed by atoms with E-state index in [1.165, 1.54) is 24.3 Å². The van der Waals surface area contributed by atoms with E-state index < -0.39 is 11.4 Å². The van der Waals surface area contributed by atoms with Crippen LogP contribution in [0, 0.1) is 5.82 Å². The van der Waals surface area contributed by atoms with E-state index in [2.05, 4.69) is 0 Å². The molecule has 19 heavy (non-hydrogen) atoms. The zero-order valence-electron chi connectivity index (χ0n) is 9.76. The van der Waals surface area contributed by atoms with Crippen LogP contribution in [0.25, 0.3) is 22.1 Å². The molecule has 1 N–H and O–H groups in total. The molecule has 0 saturated carbocycles. The summed E-state index contributed by atoms with van der Waals surface area (Å²) < 4.78 is 18.8. The Balaban J connectivity index is 2.41. The lowest BCUT2D eigenvalue weighted by Crippen LogP contribution is -1.98. The van der Waals surface area contributed by atoms with Crippen LogP contribution in [-0.2, 0) is 0 Å². The molecule has 3 nitrogen and oxygen atoms in total. The second-order valence-electron chi connectivity index (χ2n) is 4.14. The monoisotopic (exact) mass is 256 g/mol. The number of rotatable bonds is 1. The highest BCUT2D eigenvalue weighted by Gasteiger charge is 2.11. The van der Waals surface area contributed by atoms with Crippen molar-refractivity contribution in [2.75, 3.05) is 0 Å². The summed E-state index contributed by atoms with van der Waals surface area (Å²) in [5, 5.41) is 9.97. The molecule has 0 bridgehead atoms. The fourth-order valence-corrected chi connectivity index (χ4v) is 2.05. The van der Waals surface area contributed by atoms with Gasteiger partial charge in [-0.05, 0) is 18.2 Å². The van der Waals surface area contributed by atoms with Gasteiger partial charge in [0.1, 0.15) is 17.1 Å². The van der Waals surface area contributed by atoms with Crippen LogP contribution in [0.5, 0.6) is 5.75 Å². The number of hydrogen-bond donors (Lipinski definition) is 1. The predicted molar refractivity (Wildman–Crippen MR) is 69.5 cm³/mol. The lowest BCUT2D eigenvalue weighted by Gasteiger charge is -2.06. The first-order chi connectivity index (χ1) is 9.15. The average molecular weight is 256 g/mol. The van der Waals surface area contributed by atoms with Gasteiger partial charge in [0.05, 0.1) is 0 Å². The Morgan fingerprint density at radius 2 is 1.79 bits per heavy atom. The van der Waals surface area contributed by atoms with Gasteiger partial charge in [-0.15, -0.1) is 0 Å². The van der Waals surface area contributed by atoms with E-state index in [0.717, 1.165) is 0 Å². The Bertz CT molecular complexity index is 821. The molecule has 0 unspecified atom stereocenters. The molecule has 1 heterocycles. The molecule has 4 heteroatoms. The van der Waals surface area contributed by atoms with Gasteiger partial charge in [-0.2, -0.15) is 0 Å². The third-order valence-electron chi connectivity index (χ3n) is 2.89. The van der Waals surface area contributed by atoms with E-state index in [4.69, 9.17) is 4.42 Å². The molecular weight excluding hydrogens is 247 g/mol. The molecule has 0 saturated heterocycles. The van der Waals surface area contributed by atoms with Crippen molar-refractivity contribution in [2.24, 2.45) is 0 Å². The SMILES string of the molecule is O=c1cc(-c2ccccc2F)c2ccc(O)cc2o1. The van der Waals surface area contributed by atoms with Crippen LogP contribution in [0.15, 0.2) is 57.7 Å². The minimum atomic E-state index is -0.587. The zero-order valence-corrected chi connectivity index (χ0v) is 9.76. The number of benzene rings is 2. The van der Waals surface area contributed by atoms with E-state index in [1.54, 1.807) is 24.3 Å². The number of hydrogen-bond acceptors (Lipinski definition) is 3. The van der Waals surface area contributed by atoms with Crippen molar-refractivity contribution >= 4 is 11.0 Å². The van der Waals surface area contributed by atoms with Gasteiger partial charge >= 0.3 is 5.63 Å². The minimum Gasteiger partial charge on any atom is -0.508 e. The van der Waals surface area contributed by atoms with Crippen LogP contribution in [0.4, 0.5) is 4.39 Å². The maximum Gasteiger partial charge on any atom is 0.336 e. The first kappa shape index (κ1) is 11.5. The standard InChI is InChI=1S/C15H9FO3/c16-13-4-2-1-3-10(13)12-8-15(18)19-14-7-9(17)5-6-11(12)14/h1-8,17H. The molecule has 0 fully saturated rings. The average Bonchev–Trinajstić information content (AvgIpc) is 2.38. The number of halogens is 1. The highest BCUT2D eigenvalue weighted by molar-refractivity contribution is 5.93. The van der Waals surface area contributed by atoms with E-state index in [9.17, 15) is 14.3 Å². The first-order valence-electron chi connectivity index (χ1n) is 5.67. The fraction of sp³-hybridized carbons (Fsp3) is 0. The van der Waals surface area contributed by atoms with Crippen LogP contribution in [0.2, 0.25) is 0 Å². The third kappa shape index (κ3) is 1.97. The molecule has 1 aromatic heterocycles. The summed E-state index contributed by atoms with van der Waals surface area (Å²) in [4.78, 5) is 11.5. The number of phenolic OH excluding ortho intramolecular Hbond substituents is 1. The molecule has 0 aliphatic carbocycles. The summed E-state index contributed by atoms with van der Waals surface area (Å²) in [6.07, 6.45) is 0. The molecule has 0 radical (unpaired) electrons. The fourth-order valence-electron chi connectivity index (χ4n) is 2.05. The first-order valence-corrected chi connectivity index (χ1v) is 5.67. The summed E-state index contributed by atoms with van der Waals surface area (Å²) in [7, 11) is 0. The number of fused-ring (bicyclic) bond motifs is 1. The van der Waals surface area contributed by atoms with Crippen molar-refractivity contribution in [1.82, 2.24) is 0 Å². The molecule has 94 valence electrons. The van der Waals surface area contributed by atoms with Crippen LogP contribution >= 0.6 is 0 Å². The summed E-state index contributed by atoms with van der Waals surface area (Å²) in [6.45, 7) is 0. The summed E-state index contributed by atoms with van der Waals surface area (Å²) in [5.41, 5.74) is 0.414. The molecular formula is C15H9FO3. The summed E-state index contributed by atoms with van der Waals surface area (Å²) in [6, 6.07) is 11.8. The van der Waals surface area contributed by atoms with Crippen molar-refractivity contribution < 1.29 is 13.9 Å². The van der Waals surface area contributed by atoms with Crippen LogP contribution < -0.4 is 5.63 Å². The van der Waals surface area contributed by atoms with Crippen molar-refractivity contribution in [3.05, 3.63) is 64.8 Å². The normalized spacial score (nSPS) is 10.8. The quantitative estimate of drug-likeness (QED) is 0.679. The van der Waals surface area contributed by atoms with E-state index in [-0.39, 0.29) is 11.3 Å². The van der Waals surface area contributed by atoms with Crippen molar-refractivity contribution in [1.29, 1.82) is 0 Å². The molecule has 2 aromatic carbocycles. The second kappa shape index (κ2) is 4.24. The molecule has 0 aliphatic heterocycles. The predicted octanol–water partition coefficient (Wildman–Crippen LogP) is 3.30. The van der Waals surface area contributed by atoms with E-state index in [1.807, 2.05) is 0 Å². The van der Waals surface area contributed by atoms with Crippen LogP contribution in [0.1, 0.15) is 0 Å². The topological polar surface area (TPSA) is 50.4 Å². The van der Waals surface area contributed by atoms with Gasteiger partial charge in [-0.3, -0.25) is 0 Å². The van der Waals surface area contributed by atoms with Gasteiger partial charge in [0.15, 0.2) is 0 Å². The zero-order chi connectivity index (χ0) is 13.4. The van der Waals surface area contributed by atoms with Crippen molar-refractivity contribution in [3.8, 4) is 16.9 Å². The molecule has 3 aromatic rings. The summed E-state index contributed by atoms with van der Waals surface area (Å²) >= 11 is 0. The molecule has 0 spiro atoms. The maximum atomic E-state index is 13.8. The maximum absolute atomic E-state index is 13.8. The van der Waals surface area contributed by atoms with E-state index in [0.29, 0.717) is 16.5 Å². The third-order valence-corrected chi connectivity index (χ3v) is 2.89. The Hall–Kier alpha value is -2.62. The molecule has 0 amide bonds. The highest BCUT2D eigenvalue weighted by Crippen LogP contribution is 2.30. The Morgan fingerprint density at radius 3 is 2.58 bits per heavy atom. The largest absolute Gasteiger partial charge is 0.508 e. The van der Waals surface area contributed by atoms with Gasteiger partial charge in [0.2, 0.25) is 0 Å². The molecule has 0 atom stereocenters. The molecule has 0 aliphatic rings. The van der Waals surface area contributed by atoms with Gasteiger partial charge in [-0.1, -0.05) is 18.2 Å². The van der Waals surface area contributed by atoms with Crippen molar-refractivity contribution in [2.45, 2.75) is 0 Å². The highest BCUT2D eigenvalue weighted by atomic mass is 19.1. The second-order valence-corrected chi connectivity index (χ2v) is 4.14. The smallest absolute Gasteiger partial charge is 0.336 e.